The van der Waals surface area contributed by atoms with Crippen LogP contribution in [0.1, 0.15) is 52.1 Å². The zero-order chi connectivity index (χ0) is 27.4. The number of halogens is 3. The van der Waals surface area contributed by atoms with Gasteiger partial charge in [-0.15, -0.1) is 0 Å². The van der Waals surface area contributed by atoms with Gasteiger partial charge >= 0.3 is 6.18 Å². The molecule has 2 amide bonds. The van der Waals surface area contributed by atoms with Crippen LogP contribution in [0.2, 0.25) is 0 Å². The molecule has 0 aliphatic heterocycles. The number of aromatic nitrogens is 2. The first-order valence-corrected chi connectivity index (χ1v) is 12.4. The SMILES string of the molecule is CN(C(=O)C(CC(=O)Cn1nc(C(F)(F)F)c2c1CCCC2)Cc1cccc(C(N)=O)c1)c1ccccc1. The number of carbonyl (C=O) groups excluding carboxylic acids is 3. The molecule has 3 aromatic rings. The van der Waals surface area contributed by atoms with Crippen molar-refractivity contribution in [2.24, 2.45) is 11.7 Å². The number of carbonyl (C=O) groups is 3. The summed E-state index contributed by atoms with van der Waals surface area (Å²) in [5, 5.41) is 3.78. The Hall–Kier alpha value is -3.95. The summed E-state index contributed by atoms with van der Waals surface area (Å²) in [5.74, 6) is -2.16. The quantitative estimate of drug-likeness (QED) is 0.448. The number of Topliss-reactive ketones (excluding diaryl/α,β-unsaturated/α-hetero) is 1. The molecule has 10 heteroatoms. The average Bonchev–Trinajstić information content (AvgIpc) is 3.27. The number of nitrogens with two attached hydrogens (primary N) is 1. The Morgan fingerprint density at radius 3 is 2.45 bits per heavy atom. The number of amides is 2. The van der Waals surface area contributed by atoms with E-state index in [-0.39, 0.29) is 42.8 Å². The number of ketones is 1. The van der Waals surface area contributed by atoms with E-state index in [0.29, 0.717) is 29.8 Å². The summed E-state index contributed by atoms with van der Waals surface area (Å²) in [6.45, 7) is -0.349. The third-order valence-electron chi connectivity index (χ3n) is 6.84. The Kier molecular flexibility index (Phi) is 7.99. The van der Waals surface area contributed by atoms with E-state index < -0.39 is 29.5 Å². The van der Waals surface area contributed by atoms with Crippen molar-refractivity contribution in [3.8, 4) is 0 Å². The Balaban J connectivity index is 1.59. The Labute approximate surface area is 218 Å². The maximum atomic E-state index is 13.6. The molecule has 0 radical (unpaired) electrons. The molecular formula is C28H29F3N4O3. The fourth-order valence-electron chi connectivity index (χ4n) is 4.97. The molecule has 1 atom stereocenters. The van der Waals surface area contributed by atoms with Gasteiger partial charge in [-0.2, -0.15) is 18.3 Å². The largest absolute Gasteiger partial charge is 0.435 e. The van der Waals surface area contributed by atoms with E-state index in [4.69, 9.17) is 5.73 Å². The van der Waals surface area contributed by atoms with E-state index >= 15 is 0 Å². The van der Waals surface area contributed by atoms with Crippen LogP contribution >= 0.6 is 0 Å². The van der Waals surface area contributed by atoms with Crippen molar-refractivity contribution < 1.29 is 27.6 Å². The lowest BCUT2D eigenvalue weighted by Crippen LogP contribution is -2.35. The van der Waals surface area contributed by atoms with Crippen LogP contribution < -0.4 is 10.6 Å². The van der Waals surface area contributed by atoms with E-state index in [0.717, 1.165) is 11.1 Å². The summed E-state index contributed by atoms with van der Waals surface area (Å²) in [7, 11) is 1.61. The highest BCUT2D eigenvalue weighted by Gasteiger charge is 2.39. The van der Waals surface area contributed by atoms with Gasteiger partial charge in [0.1, 0.15) is 0 Å². The number of hydrogen-bond donors (Lipinski definition) is 1. The highest BCUT2D eigenvalue weighted by atomic mass is 19.4. The number of hydrogen-bond acceptors (Lipinski definition) is 4. The second-order valence-corrected chi connectivity index (χ2v) is 9.58. The van der Waals surface area contributed by atoms with Gasteiger partial charge in [0.25, 0.3) is 0 Å². The Morgan fingerprint density at radius 2 is 1.76 bits per heavy atom. The minimum atomic E-state index is -4.60. The molecule has 0 saturated heterocycles. The molecule has 0 spiro atoms. The molecular weight excluding hydrogens is 497 g/mol. The van der Waals surface area contributed by atoms with E-state index in [1.165, 1.54) is 4.90 Å². The zero-order valence-corrected chi connectivity index (χ0v) is 21.0. The van der Waals surface area contributed by atoms with Gasteiger partial charge in [-0.05, 0) is 61.9 Å². The smallest absolute Gasteiger partial charge is 0.366 e. The van der Waals surface area contributed by atoms with Gasteiger partial charge in [0.05, 0.1) is 6.54 Å². The van der Waals surface area contributed by atoms with Gasteiger partial charge in [0.15, 0.2) is 11.5 Å². The molecule has 0 saturated carbocycles. The van der Waals surface area contributed by atoms with Crippen molar-refractivity contribution >= 4 is 23.3 Å². The van der Waals surface area contributed by atoms with E-state index in [2.05, 4.69) is 5.10 Å². The number of primary amides is 1. The average molecular weight is 527 g/mol. The van der Waals surface area contributed by atoms with Crippen LogP contribution in [0.3, 0.4) is 0 Å². The first kappa shape index (κ1) is 27.1. The fourth-order valence-corrected chi connectivity index (χ4v) is 4.97. The molecule has 0 fully saturated rings. The molecule has 1 aromatic heterocycles. The van der Waals surface area contributed by atoms with Crippen LogP contribution in [0.4, 0.5) is 18.9 Å². The fraction of sp³-hybridized carbons (Fsp3) is 0.357. The lowest BCUT2D eigenvalue weighted by Gasteiger charge is -2.24. The lowest BCUT2D eigenvalue weighted by molar-refractivity contribution is -0.142. The van der Waals surface area contributed by atoms with Crippen LogP contribution in [0.15, 0.2) is 54.6 Å². The van der Waals surface area contributed by atoms with Gasteiger partial charge < -0.3 is 10.6 Å². The van der Waals surface area contributed by atoms with Crippen molar-refractivity contribution in [3.05, 3.63) is 82.7 Å². The highest BCUT2D eigenvalue weighted by Crippen LogP contribution is 2.36. The van der Waals surface area contributed by atoms with Gasteiger partial charge in [-0.25, -0.2) is 0 Å². The van der Waals surface area contributed by atoms with Crippen molar-refractivity contribution in [3.63, 3.8) is 0 Å². The van der Waals surface area contributed by atoms with Gasteiger partial charge in [0, 0.05) is 41.9 Å². The summed E-state index contributed by atoms with van der Waals surface area (Å²) < 4.78 is 41.9. The van der Waals surface area contributed by atoms with Crippen LogP contribution in [0.5, 0.6) is 0 Å². The summed E-state index contributed by atoms with van der Waals surface area (Å²) >= 11 is 0. The number of benzene rings is 2. The second kappa shape index (κ2) is 11.2. The highest BCUT2D eigenvalue weighted by molar-refractivity contribution is 5.97. The van der Waals surface area contributed by atoms with Crippen LogP contribution in [-0.4, -0.2) is 34.4 Å². The standard InChI is InChI=1S/C28H29F3N4O3/c1-34(21-10-3-2-4-11-21)27(38)20(15-18-8-7-9-19(14-18)26(32)37)16-22(36)17-35-24-13-6-5-12-23(24)25(33-35)28(29,30)31/h2-4,7-11,14,20H,5-6,12-13,15-17H2,1H3,(H2,32,37). The molecule has 1 aliphatic rings. The number of anilines is 1. The maximum absolute atomic E-state index is 13.6. The number of para-hydroxylation sites is 1. The Morgan fingerprint density at radius 1 is 1.05 bits per heavy atom. The monoisotopic (exact) mass is 526 g/mol. The van der Waals surface area contributed by atoms with Crippen molar-refractivity contribution in [1.29, 1.82) is 0 Å². The molecule has 2 aromatic carbocycles. The third kappa shape index (κ3) is 6.12. The molecule has 1 heterocycles. The summed E-state index contributed by atoms with van der Waals surface area (Å²) in [6, 6.07) is 15.4. The van der Waals surface area contributed by atoms with Gasteiger partial charge in [-0.3, -0.25) is 19.1 Å². The predicted octanol–water partition coefficient (Wildman–Crippen LogP) is 4.36. The predicted molar refractivity (Wildman–Crippen MR) is 136 cm³/mol. The zero-order valence-electron chi connectivity index (χ0n) is 21.0. The lowest BCUT2D eigenvalue weighted by atomic mass is 9.91. The number of rotatable bonds is 9. The topological polar surface area (TPSA) is 98.3 Å². The minimum Gasteiger partial charge on any atom is -0.366 e. The van der Waals surface area contributed by atoms with E-state index in [1.807, 2.05) is 6.07 Å². The molecule has 7 nitrogen and oxygen atoms in total. The van der Waals surface area contributed by atoms with Crippen LogP contribution in [0, 0.1) is 5.92 Å². The van der Waals surface area contributed by atoms with Crippen LogP contribution in [0.25, 0.3) is 0 Å². The minimum absolute atomic E-state index is 0.147. The molecule has 200 valence electrons. The first-order valence-electron chi connectivity index (χ1n) is 12.4. The molecule has 1 unspecified atom stereocenters. The number of nitrogens with zero attached hydrogens (tertiary/aromatic N) is 3. The van der Waals surface area contributed by atoms with Crippen molar-refractivity contribution in [1.82, 2.24) is 9.78 Å². The number of alkyl halides is 3. The molecule has 38 heavy (non-hydrogen) atoms. The summed E-state index contributed by atoms with van der Waals surface area (Å²) in [5.41, 5.74) is 6.62. The second-order valence-electron chi connectivity index (χ2n) is 9.58. The van der Waals surface area contributed by atoms with E-state index in [9.17, 15) is 27.6 Å². The van der Waals surface area contributed by atoms with Crippen molar-refractivity contribution in [2.45, 2.75) is 51.2 Å². The first-order chi connectivity index (χ1) is 18.0. The molecule has 0 bridgehead atoms. The maximum Gasteiger partial charge on any atom is 0.435 e. The van der Waals surface area contributed by atoms with Crippen LogP contribution in [-0.2, 0) is 41.6 Å². The Bertz CT molecular complexity index is 1330. The van der Waals surface area contributed by atoms with Gasteiger partial charge in [-0.1, -0.05) is 30.3 Å². The molecule has 1 aliphatic carbocycles. The summed E-state index contributed by atoms with van der Waals surface area (Å²) in [4.78, 5) is 39.8. The molecule has 2 N–H and O–H groups in total. The van der Waals surface area contributed by atoms with E-state index in [1.54, 1.807) is 55.6 Å². The molecule has 4 rings (SSSR count). The summed E-state index contributed by atoms with van der Waals surface area (Å²) in [6.07, 6.45) is -2.59. The number of fused-ring (bicyclic) bond motifs is 1. The van der Waals surface area contributed by atoms with Gasteiger partial charge in [0.2, 0.25) is 11.8 Å². The van der Waals surface area contributed by atoms with Crippen molar-refractivity contribution in [2.75, 3.05) is 11.9 Å². The normalized spacial score (nSPS) is 14.0. The third-order valence-corrected chi connectivity index (χ3v) is 6.84.